The van der Waals surface area contributed by atoms with Crippen LogP contribution in [-0.2, 0) is 0 Å². The number of halogens is 2. The molecule has 0 spiro atoms. The second-order valence-electron chi connectivity index (χ2n) is 10.7. The Morgan fingerprint density at radius 2 is 1.68 bits per heavy atom. The summed E-state index contributed by atoms with van der Waals surface area (Å²) in [5, 5.41) is 5.06. The van der Waals surface area contributed by atoms with Gasteiger partial charge in [0.1, 0.15) is 28.7 Å². The number of rotatable bonds is 5. The van der Waals surface area contributed by atoms with Crippen LogP contribution < -0.4 is 10.1 Å². The number of hydrogen-bond donors (Lipinski definition) is 2. The lowest BCUT2D eigenvalue weighted by Gasteiger charge is -2.47. The van der Waals surface area contributed by atoms with E-state index in [0.29, 0.717) is 51.7 Å². The molecular weight excluding hydrogens is 482 g/mol. The molecule has 0 amide bonds. The van der Waals surface area contributed by atoms with Crippen molar-refractivity contribution in [3.8, 4) is 22.9 Å². The molecule has 3 fully saturated rings. The molecule has 2 bridgehead atoms. The van der Waals surface area contributed by atoms with E-state index in [0.717, 1.165) is 23.2 Å². The van der Waals surface area contributed by atoms with Crippen molar-refractivity contribution in [2.75, 3.05) is 5.32 Å². The van der Waals surface area contributed by atoms with Gasteiger partial charge in [0.2, 0.25) is 0 Å². The molecule has 0 aliphatic heterocycles. The summed E-state index contributed by atoms with van der Waals surface area (Å²) in [6.07, 6.45) is 6.68. The standard InChI is InChI=1S/C31H28F2N4O/c1-17-18-10-12-19(13-11-18)27(17)35-30-22-8-5-9-26(38-21-6-3-2-4-7-21)29(22)36-31(37-30)24-16-34-28-23(24)14-20(32)15-25(28)33/h2-9,14-19,27,34H,10-13H2,1H3,(H,35,36,37)/t17-,18?,19?,27+/m1/s1. The zero-order chi connectivity index (χ0) is 25.8. The number of para-hydroxylation sites is 2. The number of benzene rings is 3. The maximum Gasteiger partial charge on any atom is 0.164 e. The molecule has 2 N–H and O–H groups in total. The van der Waals surface area contributed by atoms with Crippen molar-refractivity contribution in [2.45, 2.75) is 38.6 Å². The molecule has 5 nitrogen and oxygen atoms in total. The first kappa shape index (κ1) is 23.1. The van der Waals surface area contributed by atoms with Crippen molar-refractivity contribution in [3.63, 3.8) is 0 Å². The lowest BCUT2D eigenvalue weighted by molar-refractivity contribution is 0.0929. The van der Waals surface area contributed by atoms with Gasteiger partial charge in [-0.3, -0.25) is 0 Å². The zero-order valence-electron chi connectivity index (χ0n) is 21.0. The SMILES string of the molecule is C[C@@H]1C2CCC(CC2)[C@H]1Nc1nc(-c2c[nH]c3c(F)cc(F)cc23)nc2c(Oc3ccccc3)cccc12. The predicted octanol–water partition coefficient (Wildman–Crippen LogP) is 8.09. The molecule has 7 heteroatoms. The van der Waals surface area contributed by atoms with Crippen LogP contribution in [0.3, 0.4) is 0 Å². The Labute approximate surface area is 219 Å². The molecular formula is C31H28F2N4O. The Hall–Kier alpha value is -4.00. The Bertz CT molecular complexity index is 1640. The molecule has 0 unspecified atom stereocenters. The second-order valence-corrected chi connectivity index (χ2v) is 10.7. The van der Waals surface area contributed by atoms with E-state index in [-0.39, 0.29) is 5.52 Å². The topological polar surface area (TPSA) is 62.8 Å². The maximum absolute atomic E-state index is 14.5. The minimum absolute atomic E-state index is 0.228. The fraction of sp³-hybridized carbons (Fsp3) is 0.290. The predicted molar refractivity (Wildman–Crippen MR) is 145 cm³/mol. The van der Waals surface area contributed by atoms with Gasteiger partial charge in [0.05, 0.1) is 5.52 Å². The molecule has 2 aromatic heterocycles. The molecule has 3 aromatic carbocycles. The summed E-state index contributed by atoms with van der Waals surface area (Å²) < 4.78 is 35.0. The quantitative estimate of drug-likeness (QED) is 0.251. The Balaban J connectivity index is 1.40. The van der Waals surface area contributed by atoms with Crippen LogP contribution in [0, 0.1) is 29.4 Å². The Morgan fingerprint density at radius 3 is 2.47 bits per heavy atom. The van der Waals surface area contributed by atoms with E-state index in [9.17, 15) is 8.78 Å². The van der Waals surface area contributed by atoms with Crippen LogP contribution >= 0.6 is 0 Å². The van der Waals surface area contributed by atoms with Crippen LogP contribution in [0.2, 0.25) is 0 Å². The highest BCUT2D eigenvalue weighted by atomic mass is 19.1. The number of aromatic nitrogens is 3. The second kappa shape index (κ2) is 9.08. The largest absolute Gasteiger partial charge is 0.455 e. The van der Waals surface area contributed by atoms with Gasteiger partial charge in [-0.05, 0) is 73.8 Å². The minimum Gasteiger partial charge on any atom is -0.455 e. The van der Waals surface area contributed by atoms with E-state index in [1.165, 1.54) is 31.7 Å². The highest BCUT2D eigenvalue weighted by Crippen LogP contribution is 2.46. The number of aromatic amines is 1. The smallest absolute Gasteiger partial charge is 0.164 e. The number of fused-ring (bicyclic) bond motifs is 5. The molecule has 2 atom stereocenters. The average Bonchev–Trinajstić information content (AvgIpc) is 3.36. The number of ether oxygens (including phenoxy) is 1. The number of H-pyrrole nitrogens is 1. The van der Waals surface area contributed by atoms with Gasteiger partial charge in [0, 0.05) is 34.6 Å². The van der Waals surface area contributed by atoms with Gasteiger partial charge in [-0.1, -0.05) is 31.2 Å². The van der Waals surface area contributed by atoms with Crippen molar-refractivity contribution in [1.82, 2.24) is 15.0 Å². The molecule has 3 aliphatic carbocycles. The summed E-state index contributed by atoms with van der Waals surface area (Å²) in [4.78, 5) is 12.8. The van der Waals surface area contributed by atoms with E-state index in [1.807, 2.05) is 48.5 Å². The van der Waals surface area contributed by atoms with Crippen LogP contribution in [-0.4, -0.2) is 21.0 Å². The van der Waals surface area contributed by atoms with Crippen molar-refractivity contribution in [2.24, 2.45) is 17.8 Å². The summed E-state index contributed by atoms with van der Waals surface area (Å²) in [6.45, 7) is 2.34. The molecule has 0 radical (unpaired) electrons. The van der Waals surface area contributed by atoms with E-state index >= 15 is 0 Å². The third kappa shape index (κ3) is 3.88. The van der Waals surface area contributed by atoms with Gasteiger partial charge in [-0.25, -0.2) is 18.7 Å². The summed E-state index contributed by atoms with van der Waals surface area (Å²) in [7, 11) is 0. The normalized spacial score (nSPS) is 22.7. The van der Waals surface area contributed by atoms with Crippen LogP contribution in [0.4, 0.5) is 14.6 Å². The third-order valence-corrected chi connectivity index (χ3v) is 8.55. The van der Waals surface area contributed by atoms with E-state index in [4.69, 9.17) is 14.7 Å². The number of nitrogens with one attached hydrogen (secondary N) is 2. The molecule has 192 valence electrons. The number of hydrogen-bond acceptors (Lipinski definition) is 4. The minimum atomic E-state index is -0.648. The summed E-state index contributed by atoms with van der Waals surface area (Å²) in [5.74, 6) is 2.97. The van der Waals surface area contributed by atoms with Crippen LogP contribution in [0.1, 0.15) is 32.6 Å². The van der Waals surface area contributed by atoms with Gasteiger partial charge < -0.3 is 15.0 Å². The molecule has 5 aromatic rings. The molecule has 3 aliphatic rings. The first-order valence-corrected chi connectivity index (χ1v) is 13.3. The monoisotopic (exact) mass is 510 g/mol. The molecule has 0 saturated heterocycles. The van der Waals surface area contributed by atoms with Crippen molar-refractivity contribution >= 4 is 27.6 Å². The summed E-state index contributed by atoms with van der Waals surface area (Å²) >= 11 is 0. The maximum atomic E-state index is 14.5. The van der Waals surface area contributed by atoms with E-state index < -0.39 is 11.6 Å². The average molecular weight is 511 g/mol. The Morgan fingerprint density at radius 1 is 0.895 bits per heavy atom. The molecule has 8 rings (SSSR count). The number of nitrogens with zero attached hydrogens (tertiary/aromatic N) is 2. The third-order valence-electron chi connectivity index (χ3n) is 8.55. The fourth-order valence-electron chi connectivity index (χ4n) is 6.55. The van der Waals surface area contributed by atoms with Gasteiger partial charge in [-0.15, -0.1) is 0 Å². The van der Waals surface area contributed by atoms with Crippen molar-refractivity contribution in [1.29, 1.82) is 0 Å². The first-order valence-electron chi connectivity index (χ1n) is 13.3. The summed E-state index contributed by atoms with van der Waals surface area (Å²) in [5.41, 5.74) is 1.41. The van der Waals surface area contributed by atoms with E-state index in [2.05, 4.69) is 17.2 Å². The van der Waals surface area contributed by atoms with Gasteiger partial charge in [0.25, 0.3) is 0 Å². The highest BCUT2D eigenvalue weighted by molar-refractivity contribution is 5.98. The van der Waals surface area contributed by atoms with Crippen LogP contribution in [0.25, 0.3) is 33.2 Å². The Kier molecular flexibility index (Phi) is 5.53. The van der Waals surface area contributed by atoms with E-state index in [1.54, 1.807) is 6.20 Å². The van der Waals surface area contributed by atoms with Crippen LogP contribution in [0.5, 0.6) is 11.5 Å². The first-order chi connectivity index (χ1) is 18.5. The number of anilines is 1. The van der Waals surface area contributed by atoms with Crippen molar-refractivity contribution < 1.29 is 13.5 Å². The van der Waals surface area contributed by atoms with Gasteiger partial charge >= 0.3 is 0 Å². The van der Waals surface area contributed by atoms with Crippen LogP contribution in [0.15, 0.2) is 66.9 Å². The van der Waals surface area contributed by atoms with Gasteiger partial charge in [-0.2, -0.15) is 0 Å². The fourth-order valence-corrected chi connectivity index (χ4v) is 6.55. The highest BCUT2D eigenvalue weighted by Gasteiger charge is 2.41. The lowest BCUT2D eigenvalue weighted by atomic mass is 9.62. The van der Waals surface area contributed by atoms with Crippen molar-refractivity contribution in [3.05, 3.63) is 78.5 Å². The zero-order valence-corrected chi connectivity index (χ0v) is 21.0. The molecule has 2 heterocycles. The summed E-state index contributed by atoms with van der Waals surface area (Å²) in [6, 6.07) is 17.9. The lowest BCUT2D eigenvalue weighted by Crippen LogP contribution is -2.47. The van der Waals surface area contributed by atoms with Gasteiger partial charge in [0.15, 0.2) is 11.6 Å². The molecule has 3 saturated carbocycles. The molecule has 38 heavy (non-hydrogen) atoms.